The minimum atomic E-state index is 0.532. The fraction of sp³-hybridized carbons (Fsp3) is 0.538. The number of likely N-dealkylation sites (N-methyl/N-ethyl adjacent to an activating group) is 1. The van der Waals surface area contributed by atoms with Crippen LogP contribution in [0, 0.1) is 5.92 Å². The number of halogens is 2. The van der Waals surface area contributed by atoms with Crippen molar-refractivity contribution in [3.8, 4) is 0 Å². The molecule has 88 valence electrons. The summed E-state index contributed by atoms with van der Waals surface area (Å²) in [5, 5.41) is 4.99. The number of benzene rings is 1. The van der Waals surface area contributed by atoms with Crippen molar-refractivity contribution in [3.63, 3.8) is 0 Å². The van der Waals surface area contributed by atoms with Gasteiger partial charge < -0.3 is 5.32 Å². The highest BCUT2D eigenvalue weighted by atomic mass is 35.5. The molecular formula is C13H17Cl2N. The van der Waals surface area contributed by atoms with E-state index in [-0.39, 0.29) is 0 Å². The first-order chi connectivity index (χ1) is 7.70. The number of rotatable bonds is 4. The average molecular weight is 258 g/mol. The van der Waals surface area contributed by atoms with Crippen molar-refractivity contribution in [1.29, 1.82) is 0 Å². The highest BCUT2D eigenvalue weighted by Gasteiger charge is 2.26. The van der Waals surface area contributed by atoms with Crippen LogP contribution in [0.25, 0.3) is 0 Å². The molecule has 0 aliphatic heterocycles. The summed E-state index contributed by atoms with van der Waals surface area (Å²) in [5.41, 5.74) is 1.15. The van der Waals surface area contributed by atoms with Gasteiger partial charge in [-0.15, -0.1) is 0 Å². The zero-order valence-electron chi connectivity index (χ0n) is 9.47. The quantitative estimate of drug-likeness (QED) is 0.863. The standard InChI is InChI=1S/C13H17Cl2N/c1-16-13(9-3-2-4-9)8-10-7-11(14)5-6-12(10)15/h5-7,9,13,16H,2-4,8H2,1H3. The second-order valence-corrected chi connectivity index (χ2v) is 5.37. The number of nitrogens with one attached hydrogen (secondary N) is 1. The van der Waals surface area contributed by atoms with Crippen LogP contribution in [-0.4, -0.2) is 13.1 Å². The molecule has 16 heavy (non-hydrogen) atoms. The molecule has 0 heterocycles. The minimum Gasteiger partial charge on any atom is -0.316 e. The Morgan fingerprint density at radius 1 is 1.38 bits per heavy atom. The van der Waals surface area contributed by atoms with E-state index in [0.717, 1.165) is 27.9 Å². The largest absolute Gasteiger partial charge is 0.316 e. The van der Waals surface area contributed by atoms with Gasteiger partial charge in [0.2, 0.25) is 0 Å². The summed E-state index contributed by atoms with van der Waals surface area (Å²) in [4.78, 5) is 0. The van der Waals surface area contributed by atoms with Gasteiger partial charge in [0.1, 0.15) is 0 Å². The normalized spacial score (nSPS) is 18.2. The van der Waals surface area contributed by atoms with Crippen LogP contribution in [0.5, 0.6) is 0 Å². The summed E-state index contributed by atoms with van der Waals surface area (Å²) in [6, 6.07) is 6.23. The maximum absolute atomic E-state index is 6.18. The smallest absolute Gasteiger partial charge is 0.0439 e. The first-order valence-corrected chi connectivity index (χ1v) is 6.57. The second-order valence-electron chi connectivity index (χ2n) is 4.53. The first-order valence-electron chi connectivity index (χ1n) is 5.82. The fourth-order valence-corrected chi connectivity index (χ4v) is 2.67. The second kappa shape index (κ2) is 5.39. The van der Waals surface area contributed by atoms with Crippen molar-refractivity contribution in [2.24, 2.45) is 5.92 Å². The van der Waals surface area contributed by atoms with Crippen molar-refractivity contribution < 1.29 is 0 Å². The Morgan fingerprint density at radius 3 is 2.69 bits per heavy atom. The van der Waals surface area contributed by atoms with Crippen molar-refractivity contribution in [2.75, 3.05) is 7.05 Å². The molecule has 0 radical (unpaired) electrons. The van der Waals surface area contributed by atoms with Crippen molar-refractivity contribution in [3.05, 3.63) is 33.8 Å². The van der Waals surface area contributed by atoms with Crippen molar-refractivity contribution >= 4 is 23.2 Å². The molecule has 1 aromatic rings. The van der Waals surface area contributed by atoms with E-state index in [9.17, 15) is 0 Å². The van der Waals surface area contributed by atoms with Crippen molar-refractivity contribution in [1.82, 2.24) is 5.32 Å². The first kappa shape index (κ1) is 12.2. The van der Waals surface area contributed by atoms with Crippen LogP contribution in [0.1, 0.15) is 24.8 Å². The molecule has 0 spiro atoms. The summed E-state index contributed by atoms with van der Waals surface area (Å²) < 4.78 is 0. The maximum atomic E-state index is 6.18. The molecule has 1 aliphatic rings. The summed E-state index contributed by atoms with van der Waals surface area (Å²) in [5.74, 6) is 0.806. The van der Waals surface area contributed by atoms with E-state index in [2.05, 4.69) is 5.32 Å². The van der Waals surface area contributed by atoms with E-state index in [0.29, 0.717) is 6.04 Å². The minimum absolute atomic E-state index is 0.532. The zero-order valence-corrected chi connectivity index (χ0v) is 11.0. The van der Waals surface area contributed by atoms with Crippen molar-refractivity contribution in [2.45, 2.75) is 31.7 Å². The van der Waals surface area contributed by atoms with E-state index < -0.39 is 0 Å². The molecule has 1 fully saturated rings. The SMILES string of the molecule is CNC(Cc1cc(Cl)ccc1Cl)C1CCC1. The molecule has 1 aliphatic carbocycles. The summed E-state index contributed by atoms with van der Waals surface area (Å²) in [6.45, 7) is 0. The molecule has 0 bridgehead atoms. The molecule has 0 saturated heterocycles. The van der Waals surface area contributed by atoms with Gasteiger partial charge in [0.25, 0.3) is 0 Å². The lowest BCUT2D eigenvalue weighted by Crippen LogP contribution is -2.39. The molecule has 0 amide bonds. The Hall–Kier alpha value is -0.240. The monoisotopic (exact) mass is 257 g/mol. The van der Waals surface area contributed by atoms with E-state index in [1.165, 1.54) is 19.3 Å². The van der Waals surface area contributed by atoms with E-state index >= 15 is 0 Å². The number of hydrogen-bond donors (Lipinski definition) is 1. The van der Waals surface area contributed by atoms with E-state index in [1.54, 1.807) is 0 Å². The van der Waals surface area contributed by atoms with Crippen LogP contribution >= 0.6 is 23.2 Å². The Kier molecular flexibility index (Phi) is 4.12. The molecule has 1 saturated carbocycles. The van der Waals surface area contributed by atoms with Gasteiger partial charge in [-0.25, -0.2) is 0 Å². The Bertz CT molecular complexity index is 361. The Labute approximate surface area is 107 Å². The zero-order chi connectivity index (χ0) is 11.5. The van der Waals surface area contributed by atoms with Gasteiger partial charge in [-0.05, 0) is 56.0 Å². The Balaban J connectivity index is 2.08. The van der Waals surface area contributed by atoms with Gasteiger partial charge >= 0.3 is 0 Å². The van der Waals surface area contributed by atoms with Gasteiger partial charge in [0.15, 0.2) is 0 Å². The van der Waals surface area contributed by atoms with Gasteiger partial charge in [0, 0.05) is 16.1 Å². The third-order valence-corrected chi connectivity index (χ3v) is 4.14. The maximum Gasteiger partial charge on any atom is 0.0439 e. The molecule has 1 nitrogen and oxygen atoms in total. The predicted molar refractivity (Wildman–Crippen MR) is 70.4 cm³/mol. The molecule has 1 aromatic carbocycles. The van der Waals surface area contributed by atoms with Gasteiger partial charge in [-0.2, -0.15) is 0 Å². The lowest BCUT2D eigenvalue weighted by molar-refractivity contribution is 0.236. The van der Waals surface area contributed by atoms with E-state index in [4.69, 9.17) is 23.2 Å². The molecule has 1 unspecified atom stereocenters. The Morgan fingerprint density at radius 2 is 2.12 bits per heavy atom. The molecule has 2 rings (SSSR count). The summed E-state index contributed by atoms with van der Waals surface area (Å²) in [6.07, 6.45) is 5.01. The summed E-state index contributed by atoms with van der Waals surface area (Å²) >= 11 is 12.2. The third-order valence-electron chi connectivity index (χ3n) is 3.54. The highest BCUT2D eigenvalue weighted by molar-refractivity contribution is 6.33. The van der Waals surface area contributed by atoms with E-state index in [1.807, 2.05) is 25.2 Å². The molecule has 3 heteroatoms. The lowest BCUT2D eigenvalue weighted by Gasteiger charge is -2.33. The van der Waals surface area contributed by atoms with Crippen LogP contribution < -0.4 is 5.32 Å². The van der Waals surface area contributed by atoms with Gasteiger partial charge in [0.05, 0.1) is 0 Å². The predicted octanol–water partition coefficient (Wildman–Crippen LogP) is 3.92. The molecule has 1 atom stereocenters. The lowest BCUT2D eigenvalue weighted by atomic mass is 9.78. The van der Waals surface area contributed by atoms with Crippen LogP contribution in [0.3, 0.4) is 0 Å². The average Bonchev–Trinajstić information content (AvgIpc) is 2.19. The van der Waals surface area contributed by atoms with Crippen LogP contribution in [0.2, 0.25) is 10.0 Å². The highest BCUT2D eigenvalue weighted by Crippen LogP contribution is 2.32. The van der Waals surface area contributed by atoms with Gasteiger partial charge in [-0.1, -0.05) is 29.6 Å². The number of hydrogen-bond acceptors (Lipinski definition) is 1. The van der Waals surface area contributed by atoms with Crippen LogP contribution in [0.15, 0.2) is 18.2 Å². The summed E-state index contributed by atoms with van der Waals surface area (Å²) in [7, 11) is 2.03. The van der Waals surface area contributed by atoms with Gasteiger partial charge in [-0.3, -0.25) is 0 Å². The molecule has 0 aromatic heterocycles. The fourth-order valence-electron chi connectivity index (χ4n) is 2.28. The molecular weight excluding hydrogens is 241 g/mol. The third kappa shape index (κ3) is 2.71. The van der Waals surface area contributed by atoms with Crippen LogP contribution in [-0.2, 0) is 6.42 Å². The molecule has 1 N–H and O–H groups in total. The van der Waals surface area contributed by atoms with Crippen LogP contribution in [0.4, 0.5) is 0 Å². The topological polar surface area (TPSA) is 12.0 Å².